The van der Waals surface area contributed by atoms with E-state index in [0.29, 0.717) is 0 Å². The molecule has 22 heavy (non-hydrogen) atoms. The molecule has 1 N–H and O–H groups in total. The van der Waals surface area contributed by atoms with Crippen molar-refractivity contribution < 1.29 is 0 Å². The minimum atomic E-state index is 0.755. The molecule has 0 aromatic carbocycles. The first-order valence-corrected chi connectivity index (χ1v) is 9.45. The second kappa shape index (κ2) is 6.99. The quantitative estimate of drug-likeness (QED) is 0.686. The molecule has 2 heterocycles. The monoisotopic (exact) mass is 320 g/mol. The first-order chi connectivity index (χ1) is 10.7. The average molecular weight is 321 g/mol. The molecule has 0 amide bonds. The lowest BCUT2D eigenvalue weighted by atomic mass is 9.82. The molecule has 1 aliphatic carbocycles. The van der Waals surface area contributed by atoms with Gasteiger partial charge in [-0.05, 0) is 45.4 Å². The zero-order valence-corrected chi connectivity index (χ0v) is 14.9. The smallest absolute Gasteiger partial charge is 0.194 e. The van der Waals surface area contributed by atoms with E-state index in [9.17, 15) is 0 Å². The van der Waals surface area contributed by atoms with E-state index >= 15 is 0 Å². The van der Waals surface area contributed by atoms with Crippen molar-refractivity contribution in [1.29, 1.82) is 0 Å². The topological polar surface area (TPSA) is 40.5 Å². The molecule has 1 saturated heterocycles. The molecule has 1 aliphatic heterocycles. The number of aliphatic imine (C=N–C) groups is 1. The molecule has 0 spiro atoms. The van der Waals surface area contributed by atoms with Crippen LogP contribution >= 0.6 is 11.3 Å². The van der Waals surface area contributed by atoms with Crippen LogP contribution in [0.4, 0.5) is 0 Å². The summed E-state index contributed by atoms with van der Waals surface area (Å²) >= 11 is 1.77. The van der Waals surface area contributed by atoms with E-state index in [1.54, 1.807) is 11.3 Å². The summed E-state index contributed by atoms with van der Waals surface area (Å²) in [4.78, 5) is 13.2. The van der Waals surface area contributed by atoms with Gasteiger partial charge in [0.15, 0.2) is 5.96 Å². The van der Waals surface area contributed by atoms with Crippen LogP contribution in [0.25, 0.3) is 0 Å². The Morgan fingerprint density at radius 3 is 2.50 bits per heavy atom. The minimum Gasteiger partial charge on any atom is -0.357 e. The maximum Gasteiger partial charge on any atom is 0.194 e. The first-order valence-electron chi connectivity index (χ1n) is 8.63. The molecule has 5 heteroatoms. The van der Waals surface area contributed by atoms with E-state index in [-0.39, 0.29) is 0 Å². The van der Waals surface area contributed by atoms with Gasteiger partial charge in [-0.3, -0.25) is 0 Å². The van der Waals surface area contributed by atoms with Gasteiger partial charge in [-0.15, -0.1) is 11.3 Å². The third-order valence-electron chi connectivity index (χ3n) is 4.98. The van der Waals surface area contributed by atoms with Gasteiger partial charge in [-0.2, -0.15) is 0 Å². The second-order valence-corrected chi connectivity index (χ2v) is 7.91. The molecule has 3 rings (SSSR count). The Kier molecular flexibility index (Phi) is 5.01. The standard InChI is InChI=1S/C17H28N4S/c1-4-18-17(19-9-16-12(2)20-13(3)22-16)21-10-14-7-5-6-8-15(14)11-21/h14-15H,4-11H2,1-3H3,(H,18,19). The van der Waals surface area contributed by atoms with Crippen molar-refractivity contribution in [2.75, 3.05) is 19.6 Å². The van der Waals surface area contributed by atoms with Gasteiger partial charge in [0.2, 0.25) is 0 Å². The van der Waals surface area contributed by atoms with Gasteiger partial charge in [-0.25, -0.2) is 9.98 Å². The molecular formula is C17H28N4S. The van der Waals surface area contributed by atoms with E-state index in [4.69, 9.17) is 4.99 Å². The Balaban J connectivity index is 1.69. The lowest BCUT2D eigenvalue weighted by molar-refractivity contribution is 0.299. The van der Waals surface area contributed by atoms with Crippen molar-refractivity contribution >= 4 is 17.3 Å². The summed E-state index contributed by atoms with van der Waals surface area (Å²) in [5.74, 6) is 2.89. The summed E-state index contributed by atoms with van der Waals surface area (Å²) in [5.41, 5.74) is 1.14. The summed E-state index contributed by atoms with van der Waals surface area (Å²) in [6.45, 7) is 10.4. The van der Waals surface area contributed by atoms with Crippen molar-refractivity contribution in [3.05, 3.63) is 15.6 Å². The molecule has 2 fully saturated rings. The van der Waals surface area contributed by atoms with Crippen molar-refractivity contribution in [1.82, 2.24) is 15.2 Å². The third-order valence-corrected chi connectivity index (χ3v) is 6.04. The molecule has 4 nitrogen and oxygen atoms in total. The molecule has 2 aliphatic rings. The molecule has 2 atom stereocenters. The molecule has 0 radical (unpaired) electrons. The number of nitrogens with one attached hydrogen (secondary N) is 1. The number of hydrogen-bond donors (Lipinski definition) is 1. The van der Waals surface area contributed by atoms with Crippen LogP contribution in [-0.2, 0) is 6.54 Å². The van der Waals surface area contributed by atoms with Gasteiger partial charge >= 0.3 is 0 Å². The maximum atomic E-state index is 4.90. The number of aromatic nitrogens is 1. The first kappa shape index (κ1) is 15.8. The lowest BCUT2D eigenvalue weighted by Crippen LogP contribution is -2.40. The number of guanidine groups is 1. The summed E-state index contributed by atoms with van der Waals surface area (Å²) in [5, 5.41) is 4.63. The number of aryl methyl sites for hydroxylation is 2. The highest BCUT2D eigenvalue weighted by Gasteiger charge is 2.35. The van der Waals surface area contributed by atoms with Crippen molar-refractivity contribution in [3.63, 3.8) is 0 Å². The van der Waals surface area contributed by atoms with E-state index in [2.05, 4.69) is 36.0 Å². The van der Waals surface area contributed by atoms with Crippen LogP contribution in [0.5, 0.6) is 0 Å². The summed E-state index contributed by atoms with van der Waals surface area (Å²) < 4.78 is 0. The summed E-state index contributed by atoms with van der Waals surface area (Å²) in [6, 6.07) is 0. The second-order valence-electron chi connectivity index (χ2n) is 6.62. The zero-order valence-electron chi connectivity index (χ0n) is 14.1. The largest absolute Gasteiger partial charge is 0.357 e. The van der Waals surface area contributed by atoms with Crippen LogP contribution < -0.4 is 5.32 Å². The number of nitrogens with zero attached hydrogens (tertiary/aromatic N) is 3. The Morgan fingerprint density at radius 2 is 1.95 bits per heavy atom. The van der Waals surface area contributed by atoms with Gasteiger partial charge in [0, 0.05) is 24.5 Å². The van der Waals surface area contributed by atoms with E-state index in [1.165, 1.54) is 43.6 Å². The van der Waals surface area contributed by atoms with E-state index in [1.807, 2.05) is 0 Å². The Hall–Kier alpha value is -1.10. The predicted octanol–water partition coefficient (Wildman–Crippen LogP) is 3.35. The van der Waals surface area contributed by atoms with Crippen molar-refractivity contribution in [3.8, 4) is 0 Å². The van der Waals surface area contributed by atoms with Gasteiger partial charge < -0.3 is 10.2 Å². The van der Waals surface area contributed by atoms with Crippen LogP contribution in [0, 0.1) is 25.7 Å². The predicted molar refractivity (Wildman–Crippen MR) is 93.4 cm³/mol. The number of fused-ring (bicyclic) bond motifs is 1. The molecule has 1 aromatic heterocycles. The molecule has 1 aromatic rings. The molecule has 1 saturated carbocycles. The Labute approximate surface area is 138 Å². The minimum absolute atomic E-state index is 0.755. The van der Waals surface area contributed by atoms with Crippen LogP contribution in [0.15, 0.2) is 4.99 Å². The highest BCUT2D eigenvalue weighted by Crippen LogP contribution is 2.36. The summed E-state index contributed by atoms with van der Waals surface area (Å²) in [6.07, 6.45) is 5.66. The van der Waals surface area contributed by atoms with E-state index in [0.717, 1.165) is 41.6 Å². The number of hydrogen-bond acceptors (Lipinski definition) is 3. The van der Waals surface area contributed by atoms with Crippen LogP contribution in [0.2, 0.25) is 0 Å². The fraction of sp³-hybridized carbons (Fsp3) is 0.765. The Morgan fingerprint density at radius 1 is 1.27 bits per heavy atom. The highest BCUT2D eigenvalue weighted by atomic mass is 32.1. The maximum absolute atomic E-state index is 4.90. The lowest BCUT2D eigenvalue weighted by Gasteiger charge is -2.22. The highest BCUT2D eigenvalue weighted by molar-refractivity contribution is 7.11. The van der Waals surface area contributed by atoms with Crippen LogP contribution in [0.1, 0.15) is 48.2 Å². The number of thiazole rings is 1. The van der Waals surface area contributed by atoms with Crippen LogP contribution in [0.3, 0.4) is 0 Å². The molecule has 2 unspecified atom stereocenters. The Bertz CT molecular complexity index is 523. The fourth-order valence-corrected chi connectivity index (χ4v) is 4.73. The fourth-order valence-electron chi connectivity index (χ4n) is 3.87. The normalized spacial score (nSPS) is 25.4. The van der Waals surface area contributed by atoms with Crippen molar-refractivity contribution in [2.24, 2.45) is 16.8 Å². The number of rotatable bonds is 3. The SMILES string of the molecule is CCNC(=NCc1sc(C)nc1C)N1CC2CCCCC2C1. The molecular weight excluding hydrogens is 292 g/mol. The van der Waals surface area contributed by atoms with E-state index < -0.39 is 0 Å². The van der Waals surface area contributed by atoms with Gasteiger partial charge in [0.1, 0.15) is 0 Å². The third kappa shape index (κ3) is 3.45. The summed E-state index contributed by atoms with van der Waals surface area (Å²) in [7, 11) is 0. The molecule has 0 bridgehead atoms. The molecule has 122 valence electrons. The average Bonchev–Trinajstić information content (AvgIpc) is 3.06. The van der Waals surface area contributed by atoms with Crippen molar-refractivity contribution in [2.45, 2.75) is 53.0 Å². The van der Waals surface area contributed by atoms with Gasteiger partial charge in [-0.1, -0.05) is 12.8 Å². The van der Waals surface area contributed by atoms with Crippen LogP contribution in [-0.4, -0.2) is 35.5 Å². The van der Waals surface area contributed by atoms with Gasteiger partial charge in [0.05, 0.1) is 17.2 Å². The number of likely N-dealkylation sites (tertiary alicyclic amines) is 1. The zero-order chi connectivity index (χ0) is 15.5. The van der Waals surface area contributed by atoms with Gasteiger partial charge in [0.25, 0.3) is 0 Å².